The van der Waals surface area contributed by atoms with Gasteiger partial charge in [-0.15, -0.1) is 0 Å². The number of carbonyl (C=O) groups is 2. The van der Waals surface area contributed by atoms with E-state index < -0.39 is 39.6 Å². The van der Waals surface area contributed by atoms with E-state index in [1.807, 2.05) is 56.1 Å². The monoisotopic (exact) mass is 749 g/mol. The summed E-state index contributed by atoms with van der Waals surface area (Å²) in [6.07, 6.45) is 7.52. The predicted octanol–water partition coefficient (Wildman–Crippen LogP) is 7.24. The second-order valence-corrected chi connectivity index (χ2v) is 18.2. The summed E-state index contributed by atoms with van der Waals surface area (Å²) in [5.74, 6) is 0.685. The third kappa shape index (κ3) is 8.68. The van der Waals surface area contributed by atoms with Gasteiger partial charge >= 0.3 is 12.2 Å². The third-order valence-electron chi connectivity index (χ3n) is 10.5. The molecule has 0 bridgehead atoms. The van der Waals surface area contributed by atoms with E-state index in [0.29, 0.717) is 24.8 Å². The lowest BCUT2D eigenvalue weighted by atomic mass is 9.88. The largest absolute Gasteiger partial charge is 0.444 e. The van der Waals surface area contributed by atoms with Crippen LogP contribution >= 0.6 is 0 Å². The fourth-order valence-corrected chi connectivity index (χ4v) is 9.21. The Labute approximate surface area is 312 Å². The van der Waals surface area contributed by atoms with Crippen molar-refractivity contribution < 1.29 is 31.7 Å². The van der Waals surface area contributed by atoms with Crippen molar-refractivity contribution in [3.05, 3.63) is 72.1 Å². The third-order valence-corrected chi connectivity index (χ3v) is 11.1. The number of hydrogen-bond acceptors (Lipinski definition) is 8. The van der Waals surface area contributed by atoms with Crippen molar-refractivity contribution in [1.29, 1.82) is 0 Å². The van der Waals surface area contributed by atoms with Gasteiger partial charge in [0.05, 0.1) is 18.4 Å². The van der Waals surface area contributed by atoms with Gasteiger partial charge in [-0.2, -0.15) is 8.42 Å². The Bertz CT molecular complexity index is 2030. The number of likely N-dealkylation sites (tertiary alicyclic amines) is 2. The summed E-state index contributed by atoms with van der Waals surface area (Å²) >= 11 is 0. The number of benzene rings is 2. The first-order valence-electron chi connectivity index (χ1n) is 18.6. The molecule has 288 valence electrons. The van der Waals surface area contributed by atoms with Gasteiger partial charge in [0.2, 0.25) is 0 Å². The number of para-hydroxylation sites is 2. The first-order valence-corrected chi connectivity index (χ1v) is 20.5. The van der Waals surface area contributed by atoms with Crippen LogP contribution in [-0.2, 0) is 23.8 Å². The summed E-state index contributed by atoms with van der Waals surface area (Å²) in [5, 5.41) is 2.27. The first-order chi connectivity index (χ1) is 24.9. The van der Waals surface area contributed by atoms with Crippen LogP contribution in [0.2, 0.25) is 0 Å². The number of carbonyl (C=O) groups excluding carboxylic acids is 2. The lowest BCUT2D eigenvalue weighted by Crippen LogP contribution is -2.48. The SMILES string of the molecule is CC(C)(C)OC(=O)N1CC[C@H](OS(C)(=O)=O)[C@H]1[C@H](CN)c1c[nH]c2ccccc12.CC(C)(C)OC(=O)N1CC[C@H]2CC[C@H](c3c[nH]c4ccccc34)[C@H]21. The topological polar surface area (TPSA) is 160 Å². The molecule has 7 rings (SSSR count). The molecule has 6 atom stereocenters. The Morgan fingerprint density at radius 1 is 0.811 bits per heavy atom. The number of aromatic nitrogens is 2. The minimum absolute atomic E-state index is 0.151. The fraction of sp³-hybridized carbons (Fsp3) is 0.550. The number of aromatic amines is 2. The molecular weight excluding hydrogens is 695 g/mol. The number of nitrogens with one attached hydrogen (secondary N) is 2. The number of hydrogen-bond donors (Lipinski definition) is 3. The zero-order valence-electron chi connectivity index (χ0n) is 31.9. The Morgan fingerprint density at radius 2 is 1.38 bits per heavy atom. The number of nitrogens with two attached hydrogens (primary N) is 1. The minimum Gasteiger partial charge on any atom is -0.444 e. The Morgan fingerprint density at radius 3 is 2.00 bits per heavy atom. The van der Waals surface area contributed by atoms with Crippen LogP contribution in [0.3, 0.4) is 0 Å². The average Bonchev–Trinajstić information content (AvgIpc) is 3.89. The fourth-order valence-electron chi connectivity index (χ4n) is 8.56. The summed E-state index contributed by atoms with van der Waals surface area (Å²) < 4.78 is 40.3. The molecule has 2 amide bonds. The van der Waals surface area contributed by atoms with Gasteiger partial charge in [0.25, 0.3) is 10.1 Å². The van der Waals surface area contributed by atoms with E-state index in [4.69, 9.17) is 19.4 Å². The lowest BCUT2D eigenvalue weighted by molar-refractivity contribution is 0.0143. The molecule has 1 saturated carbocycles. The summed E-state index contributed by atoms with van der Waals surface area (Å²) in [6, 6.07) is 15.9. The molecule has 0 radical (unpaired) electrons. The van der Waals surface area contributed by atoms with E-state index >= 15 is 0 Å². The smallest absolute Gasteiger partial charge is 0.410 e. The van der Waals surface area contributed by atoms with Crippen molar-refractivity contribution >= 4 is 44.1 Å². The number of nitrogens with zero attached hydrogens (tertiary/aromatic N) is 2. The normalized spacial score (nSPS) is 23.9. The molecule has 2 saturated heterocycles. The molecule has 3 fully saturated rings. The number of H-pyrrole nitrogens is 2. The summed E-state index contributed by atoms with van der Waals surface area (Å²) in [7, 11) is -3.71. The standard InChI is InChI=1S/C20H29N3O5S.C20H26N2O2/c1-20(2,3)27-19(24)23-10-9-17(28-29(4,25)26)18(23)14(11-21)15-12-22-16-8-6-5-7-13(15)16;1-20(2,3)24-19(23)22-11-10-13-8-9-15(18(13)22)16-12-21-17-7-5-4-6-14(16)17/h5-8,12,14,17-18,22H,9-11,21H2,1-4H3;4-7,12-13,15,18,21H,8-11H2,1-3H3/t14-,17+,18-;13-,15-,18+/m11/s1. The highest BCUT2D eigenvalue weighted by Crippen LogP contribution is 2.48. The van der Waals surface area contributed by atoms with E-state index in [9.17, 15) is 18.0 Å². The second kappa shape index (κ2) is 15.0. The van der Waals surface area contributed by atoms with Crippen molar-refractivity contribution in [2.24, 2.45) is 11.7 Å². The van der Waals surface area contributed by atoms with Crippen molar-refractivity contribution in [2.45, 2.75) is 108 Å². The van der Waals surface area contributed by atoms with Gasteiger partial charge in [-0.1, -0.05) is 36.4 Å². The summed E-state index contributed by atoms with van der Waals surface area (Å²) in [5.41, 5.74) is 9.45. The summed E-state index contributed by atoms with van der Waals surface area (Å²) in [6.45, 7) is 12.6. The van der Waals surface area contributed by atoms with Gasteiger partial charge in [0.1, 0.15) is 11.2 Å². The molecule has 4 N–H and O–H groups in total. The van der Waals surface area contributed by atoms with E-state index in [1.54, 1.807) is 25.7 Å². The van der Waals surface area contributed by atoms with Crippen LogP contribution in [0.4, 0.5) is 9.59 Å². The van der Waals surface area contributed by atoms with E-state index in [-0.39, 0.29) is 24.6 Å². The van der Waals surface area contributed by atoms with Crippen molar-refractivity contribution in [2.75, 3.05) is 25.9 Å². The molecular formula is C40H55N5O7S. The highest BCUT2D eigenvalue weighted by Gasteiger charge is 2.48. The highest BCUT2D eigenvalue weighted by atomic mass is 32.2. The van der Waals surface area contributed by atoms with Crippen molar-refractivity contribution in [3.63, 3.8) is 0 Å². The molecule has 2 aromatic heterocycles. The van der Waals surface area contributed by atoms with Gasteiger partial charge in [-0.25, -0.2) is 9.59 Å². The predicted molar refractivity (Wildman–Crippen MR) is 206 cm³/mol. The van der Waals surface area contributed by atoms with Crippen LogP contribution in [0.1, 0.15) is 90.2 Å². The highest BCUT2D eigenvalue weighted by molar-refractivity contribution is 7.86. The van der Waals surface area contributed by atoms with Crippen molar-refractivity contribution in [1.82, 2.24) is 19.8 Å². The van der Waals surface area contributed by atoms with E-state index in [0.717, 1.165) is 42.1 Å². The molecule has 4 aromatic rings. The molecule has 13 heteroatoms. The zero-order chi connectivity index (χ0) is 38.3. The van der Waals surface area contributed by atoms with E-state index in [1.165, 1.54) is 22.9 Å². The Balaban J connectivity index is 0.000000184. The first kappa shape index (κ1) is 38.6. The van der Waals surface area contributed by atoms with Crippen LogP contribution in [0, 0.1) is 5.92 Å². The van der Waals surface area contributed by atoms with Gasteiger partial charge in [-0.05, 0) is 96.4 Å². The molecule has 2 aliphatic heterocycles. The van der Waals surface area contributed by atoms with Gasteiger partial charge in [-0.3, -0.25) is 4.18 Å². The molecule has 0 spiro atoms. The molecule has 1 aliphatic carbocycles. The average molecular weight is 750 g/mol. The minimum atomic E-state index is -3.71. The summed E-state index contributed by atoms with van der Waals surface area (Å²) in [4.78, 5) is 35.7. The van der Waals surface area contributed by atoms with Gasteiger partial charge in [0.15, 0.2) is 0 Å². The van der Waals surface area contributed by atoms with Gasteiger partial charge < -0.3 is 35.0 Å². The number of amides is 2. The van der Waals surface area contributed by atoms with Crippen LogP contribution in [0.25, 0.3) is 21.8 Å². The van der Waals surface area contributed by atoms with Crippen LogP contribution < -0.4 is 5.73 Å². The van der Waals surface area contributed by atoms with Crippen LogP contribution in [0.5, 0.6) is 0 Å². The Hall–Kier alpha value is -4.07. The number of rotatable bonds is 6. The maximum absolute atomic E-state index is 12.9. The second-order valence-electron chi connectivity index (χ2n) is 16.6. The number of ether oxygens (including phenoxy) is 2. The molecule has 53 heavy (non-hydrogen) atoms. The zero-order valence-corrected chi connectivity index (χ0v) is 32.7. The Kier molecular flexibility index (Phi) is 10.9. The maximum atomic E-state index is 12.9. The molecule has 2 aromatic carbocycles. The molecule has 4 heterocycles. The molecule has 12 nitrogen and oxygen atoms in total. The van der Waals surface area contributed by atoms with Crippen LogP contribution in [-0.4, -0.2) is 95.7 Å². The molecule has 3 aliphatic rings. The van der Waals surface area contributed by atoms with Gasteiger partial charge in [0, 0.05) is 71.7 Å². The molecule has 0 unspecified atom stereocenters. The quantitative estimate of drug-likeness (QED) is 0.174. The maximum Gasteiger partial charge on any atom is 0.410 e. The number of fused-ring (bicyclic) bond motifs is 3. The lowest BCUT2D eigenvalue weighted by Gasteiger charge is -2.34. The van der Waals surface area contributed by atoms with E-state index in [2.05, 4.69) is 40.4 Å². The van der Waals surface area contributed by atoms with Crippen molar-refractivity contribution in [3.8, 4) is 0 Å². The van der Waals surface area contributed by atoms with Crippen LogP contribution in [0.15, 0.2) is 60.9 Å².